The SMILES string of the molecule is O=C(CNC(=O)C1CC2CCCC(C1)C2=O)OC1CCCCC1. The number of esters is 1. The minimum Gasteiger partial charge on any atom is -0.461 e. The molecule has 0 aromatic rings. The van der Waals surface area contributed by atoms with Crippen molar-refractivity contribution in [2.75, 3.05) is 6.54 Å². The van der Waals surface area contributed by atoms with Crippen molar-refractivity contribution < 1.29 is 19.1 Å². The number of hydrogen-bond acceptors (Lipinski definition) is 4. The van der Waals surface area contributed by atoms with E-state index in [1.807, 2.05) is 0 Å². The minimum absolute atomic E-state index is 0.0276. The van der Waals surface area contributed by atoms with E-state index in [9.17, 15) is 14.4 Å². The molecule has 23 heavy (non-hydrogen) atoms. The summed E-state index contributed by atoms with van der Waals surface area (Å²) in [5.41, 5.74) is 0. The largest absolute Gasteiger partial charge is 0.461 e. The van der Waals surface area contributed by atoms with E-state index in [2.05, 4.69) is 5.32 Å². The highest BCUT2D eigenvalue weighted by Crippen LogP contribution is 2.40. The van der Waals surface area contributed by atoms with E-state index in [0.717, 1.165) is 44.9 Å². The van der Waals surface area contributed by atoms with Crippen LogP contribution in [0.1, 0.15) is 64.2 Å². The Morgan fingerprint density at radius 2 is 1.61 bits per heavy atom. The topological polar surface area (TPSA) is 72.5 Å². The number of carbonyl (C=O) groups is 3. The van der Waals surface area contributed by atoms with Crippen molar-refractivity contribution in [1.82, 2.24) is 5.32 Å². The van der Waals surface area contributed by atoms with Crippen molar-refractivity contribution in [3.8, 4) is 0 Å². The number of fused-ring (bicyclic) bond motifs is 2. The molecule has 3 aliphatic rings. The van der Waals surface area contributed by atoms with Crippen molar-refractivity contribution in [1.29, 1.82) is 0 Å². The molecule has 0 spiro atoms. The van der Waals surface area contributed by atoms with E-state index in [4.69, 9.17) is 4.74 Å². The molecule has 2 bridgehead atoms. The summed E-state index contributed by atoms with van der Waals surface area (Å²) >= 11 is 0. The van der Waals surface area contributed by atoms with Crippen LogP contribution in [-0.2, 0) is 19.1 Å². The van der Waals surface area contributed by atoms with Gasteiger partial charge < -0.3 is 10.1 Å². The van der Waals surface area contributed by atoms with Gasteiger partial charge in [-0.25, -0.2) is 0 Å². The molecule has 0 heterocycles. The second-order valence-corrected chi connectivity index (χ2v) is 7.36. The van der Waals surface area contributed by atoms with Crippen LogP contribution in [0.5, 0.6) is 0 Å². The third-order valence-electron chi connectivity index (χ3n) is 5.68. The van der Waals surface area contributed by atoms with Gasteiger partial charge in [0.1, 0.15) is 18.4 Å². The van der Waals surface area contributed by atoms with Gasteiger partial charge >= 0.3 is 5.97 Å². The molecule has 0 aromatic heterocycles. The molecule has 5 heteroatoms. The van der Waals surface area contributed by atoms with E-state index in [-0.39, 0.29) is 42.3 Å². The molecule has 1 amide bonds. The summed E-state index contributed by atoms with van der Waals surface area (Å²) in [4.78, 5) is 36.2. The van der Waals surface area contributed by atoms with Crippen LogP contribution in [0.4, 0.5) is 0 Å². The van der Waals surface area contributed by atoms with Crippen LogP contribution in [0.25, 0.3) is 0 Å². The van der Waals surface area contributed by atoms with Crippen molar-refractivity contribution in [2.24, 2.45) is 17.8 Å². The Labute approximate surface area is 137 Å². The summed E-state index contributed by atoms with van der Waals surface area (Å²) in [5, 5.41) is 2.72. The van der Waals surface area contributed by atoms with E-state index in [1.165, 1.54) is 6.42 Å². The van der Waals surface area contributed by atoms with Gasteiger partial charge in [-0.3, -0.25) is 14.4 Å². The molecule has 1 N–H and O–H groups in total. The maximum absolute atomic E-state index is 12.3. The number of nitrogens with one attached hydrogen (secondary N) is 1. The average molecular weight is 321 g/mol. The maximum Gasteiger partial charge on any atom is 0.325 e. The Kier molecular flexibility index (Phi) is 5.34. The van der Waals surface area contributed by atoms with Crippen molar-refractivity contribution in [2.45, 2.75) is 70.3 Å². The highest BCUT2D eigenvalue weighted by molar-refractivity contribution is 5.89. The van der Waals surface area contributed by atoms with E-state index in [0.29, 0.717) is 18.6 Å². The lowest BCUT2D eigenvalue weighted by atomic mass is 9.67. The lowest BCUT2D eigenvalue weighted by Gasteiger charge is -2.36. The summed E-state index contributed by atoms with van der Waals surface area (Å²) in [6, 6.07) is 0. The van der Waals surface area contributed by atoms with Gasteiger partial charge in [-0.15, -0.1) is 0 Å². The monoisotopic (exact) mass is 321 g/mol. The Balaban J connectivity index is 1.42. The summed E-state index contributed by atoms with van der Waals surface area (Å²) in [6.45, 7) is -0.0465. The van der Waals surface area contributed by atoms with E-state index in [1.54, 1.807) is 0 Å². The second kappa shape index (κ2) is 7.45. The molecule has 0 aromatic carbocycles. The highest BCUT2D eigenvalue weighted by Gasteiger charge is 2.41. The fourth-order valence-electron chi connectivity index (χ4n) is 4.41. The number of ketones is 1. The molecule has 0 saturated heterocycles. The third-order valence-corrected chi connectivity index (χ3v) is 5.68. The Bertz CT molecular complexity index is 454. The molecule has 2 atom stereocenters. The molecule has 0 radical (unpaired) electrons. The zero-order chi connectivity index (χ0) is 16.2. The van der Waals surface area contributed by atoms with Gasteiger partial charge in [-0.05, 0) is 51.4 Å². The number of carbonyl (C=O) groups excluding carboxylic acids is 3. The van der Waals surface area contributed by atoms with Gasteiger partial charge in [-0.1, -0.05) is 12.8 Å². The first-order valence-electron chi connectivity index (χ1n) is 9.14. The van der Waals surface area contributed by atoms with Crippen molar-refractivity contribution in [3.05, 3.63) is 0 Å². The van der Waals surface area contributed by atoms with Gasteiger partial charge in [0.25, 0.3) is 0 Å². The Morgan fingerprint density at radius 3 is 2.26 bits per heavy atom. The molecule has 3 rings (SSSR count). The zero-order valence-corrected chi connectivity index (χ0v) is 13.7. The number of Topliss-reactive ketones (excluding diaryl/α,β-unsaturated/α-hetero) is 1. The number of hydrogen-bond donors (Lipinski definition) is 1. The fraction of sp³-hybridized carbons (Fsp3) is 0.833. The Hall–Kier alpha value is -1.39. The van der Waals surface area contributed by atoms with Crippen molar-refractivity contribution >= 4 is 17.7 Å². The predicted octanol–water partition coefficient (Wildman–Crippen LogP) is 2.37. The number of rotatable bonds is 4. The van der Waals surface area contributed by atoms with Crippen LogP contribution < -0.4 is 5.32 Å². The third kappa shape index (κ3) is 4.12. The zero-order valence-electron chi connectivity index (χ0n) is 13.7. The molecule has 5 nitrogen and oxygen atoms in total. The quantitative estimate of drug-likeness (QED) is 0.807. The van der Waals surface area contributed by atoms with Gasteiger partial charge in [0, 0.05) is 17.8 Å². The van der Waals surface area contributed by atoms with E-state index < -0.39 is 0 Å². The summed E-state index contributed by atoms with van der Waals surface area (Å²) < 4.78 is 5.41. The lowest BCUT2D eigenvalue weighted by molar-refractivity contribution is -0.151. The highest BCUT2D eigenvalue weighted by atomic mass is 16.5. The van der Waals surface area contributed by atoms with Gasteiger partial charge in [0.05, 0.1) is 0 Å². The van der Waals surface area contributed by atoms with Crippen LogP contribution >= 0.6 is 0 Å². The van der Waals surface area contributed by atoms with E-state index >= 15 is 0 Å². The average Bonchev–Trinajstić information content (AvgIpc) is 2.53. The lowest BCUT2D eigenvalue weighted by Crippen LogP contribution is -2.44. The molecule has 2 unspecified atom stereocenters. The molecular weight excluding hydrogens is 294 g/mol. The van der Waals surface area contributed by atoms with Crippen LogP contribution in [-0.4, -0.2) is 30.3 Å². The number of amides is 1. The molecular formula is C18H27NO4. The first-order chi connectivity index (χ1) is 11.1. The van der Waals surface area contributed by atoms with Crippen LogP contribution in [0.2, 0.25) is 0 Å². The van der Waals surface area contributed by atoms with Gasteiger partial charge in [-0.2, -0.15) is 0 Å². The summed E-state index contributed by atoms with van der Waals surface area (Å²) in [6.07, 6.45) is 9.59. The maximum atomic E-state index is 12.3. The molecule has 3 fully saturated rings. The standard InChI is InChI=1S/C18H27NO4/c20-16(23-15-7-2-1-3-8-15)11-19-18(22)14-9-12-5-4-6-13(10-14)17(12)21/h12-15H,1-11H2,(H,19,22). The molecule has 3 aliphatic carbocycles. The second-order valence-electron chi connectivity index (χ2n) is 7.36. The van der Waals surface area contributed by atoms with Gasteiger partial charge in [0.2, 0.25) is 5.91 Å². The van der Waals surface area contributed by atoms with Crippen LogP contribution in [0, 0.1) is 17.8 Å². The van der Waals surface area contributed by atoms with Gasteiger partial charge in [0.15, 0.2) is 0 Å². The smallest absolute Gasteiger partial charge is 0.325 e. The van der Waals surface area contributed by atoms with Crippen LogP contribution in [0.15, 0.2) is 0 Å². The summed E-state index contributed by atoms with van der Waals surface area (Å²) in [7, 11) is 0. The van der Waals surface area contributed by atoms with Crippen LogP contribution in [0.3, 0.4) is 0 Å². The molecule has 3 saturated carbocycles. The normalized spacial score (nSPS) is 31.5. The Morgan fingerprint density at radius 1 is 0.957 bits per heavy atom. The first-order valence-corrected chi connectivity index (χ1v) is 9.14. The number of ether oxygens (including phenoxy) is 1. The molecule has 128 valence electrons. The first kappa shape index (κ1) is 16.5. The minimum atomic E-state index is -0.336. The van der Waals surface area contributed by atoms with Crippen molar-refractivity contribution in [3.63, 3.8) is 0 Å². The molecule has 0 aliphatic heterocycles. The summed E-state index contributed by atoms with van der Waals surface area (Å²) in [5.74, 6) is -0.0605. The predicted molar refractivity (Wildman–Crippen MR) is 84.5 cm³/mol. The fourth-order valence-corrected chi connectivity index (χ4v) is 4.41.